The van der Waals surface area contributed by atoms with E-state index in [1.54, 1.807) is 0 Å². The number of rotatable bonds is 0. The molecule has 0 aliphatic carbocycles. The molecule has 0 heterocycles. The fourth-order valence-corrected chi connectivity index (χ4v) is 0. The molecule has 5 heteroatoms. The van der Waals surface area contributed by atoms with Gasteiger partial charge in [0.05, 0.1) is 0 Å². The molecule has 0 saturated heterocycles. The Labute approximate surface area is 119 Å². The molecule has 0 aromatic carbocycles. The van der Waals surface area contributed by atoms with E-state index in [9.17, 15) is 0 Å². The largest absolute Gasteiger partial charge is 0 e. The van der Waals surface area contributed by atoms with E-state index < -0.39 is 0 Å². The second kappa shape index (κ2) is 25.0. The van der Waals surface area contributed by atoms with Gasteiger partial charge in [-0.15, -0.1) is 0 Å². The van der Waals surface area contributed by atoms with Gasteiger partial charge in [0.2, 0.25) is 0 Å². The molecule has 0 fully saturated rings. The molecular weight excluding hydrogens is 330 g/mol. The fourth-order valence-electron chi connectivity index (χ4n) is 0. The quantitative estimate of drug-likeness (QED) is 0.455. The zero-order chi connectivity index (χ0) is 0. The summed E-state index contributed by atoms with van der Waals surface area (Å²) in [6.45, 7) is 0. The molecule has 0 aromatic rings. The van der Waals surface area contributed by atoms with Gasteiger partial charge >= 0.3 is 0 Å². The Bertz CT molecular complexity index is 3.61. The Morgan fingerprint density at radius 2 is 0.400 bits per heavy atom. The Morgan fingerprint density at radius 1 is 0.400 bits per heavy atom. The predicted octanol–water partition coefficient (Wildman–Crippen LogP) is -1.90. The summed E-state index contributed by atoms with van der Waals surface area (Å²) in [6, 6.07) is 0. The molecule has 0 N–H and O–H groups in total. The average Bonchev–Trinajstić information content (AvgIpc) is 0. The first-order valence-electron chi connectivity index (χ1n) is 0. The van der Waals surface area contributed by atoms with E-state index in [0.717, 1.165) is 0 Å². The second-order valence-corrected chi connectivity index (χ2v) is 0. The van der Waals surface area contributed by atoms with Crippen molar-refractivity contribution in [2.45, 2.75) is 0 Å². The van der Waals surface area contributed by atoms with Crippen LogP contribution in [0.1, 0.15) is 0 Å². The van der Waals surface area contributed by atoms with Crippen LogP contribution in [0.2, 0.25) is 0 Å². The molecule has 0 atom stereocenters. The summed E-state index contributed by atoms with van der Waals surface area (Å²) in [5.74, 6) is 0. The molecule has 0 aliphatic rings. The van der Waals surface area contributed by atoms with Crippen molar-refractivity contribution < 1.29 is 0 Å². The Hall–Kier alpha value is 3.81. The molecule has 0 spiro atoms. The van der Waals surface area contributed by atoms with Crippen LogP contribution in [-0.4, -0.2) is 122 Å². The summed E-state index contributed by atoms with van der Waals surface area (Å²) in [4.78, 5) is 0. The number of hydrogen-bond acceptors (Lipinski definition) is 0. The first-order valence-corrected chi connectivity index (χ1v) is 0. The maximum atomic E-state index is 0. The summed E-state index contributed by atoms with van der Waals surface area (Å²) < 4.78 is 0. The summed E-state index contributed by atoms with van der Waals surface area (Å²) in [5, 5.41) is 0. The molecule has 0 unspecified atom stereocenters. The topological polar surface area (TPSA) is 0 Å². The van der Waals surface area contributed by atoms with Gasteiger partial charge in [-0.05, 0) is 0 Å². The van der Waals surface area contributed by atoms with E-state index in [4.69, 9.17) is 0 Å². The van der Waals surface area contributed by atoms with Crippen LogP contribution in [0.25, 0.3) is 0 Å². The van der Waals surface area contributed by atoms with Crippen molar-refractivity contribution in [1.82, 2.24) is 0 Å². The van der Waals surface area contributed by atoms with E-state index in [0.29, 0.717) is 0 Å². The molecule has 0 amide bonds. The summed E-state index contributed by atoms with van der Waals surface area (Å²) >= 11 is 0. The van der Waals surface area contributed by atoms with E-state index in [2.05, 4.69) is 0 Å². The number of hydrogen-bond donors (Lipinski definition) is 0. The monoisotopic (exact) mass is 335 g/mol. The third kappa shape index (κ3) is 18.2. The van der Waals surface area contributed by atoms with Gasteiger partial charge in [-0.1, -0.05) is 0 Å². The van der Waals surface area contributed by atoms with Crippen molar-refractivity contribution >= 4 is 122 Å². The van der Waals surface area contributed by atoms with E-state index in [1.165, 1.54) is 0 Å². The molecule has 0 rings (SSSR count). The van der Waals surface area contributed by atoms with Gasteiger partial charge in [-0.3, -0.25) is 0 Å². The average molecular weight is 330 g/mol. The molecule has 5 heavy (non-hydrogen) atoms. The van der Waals surface area contributed by atoms with E-state index in [-0.39, 0.29) is 122 Å². The molecule has 0 bridgehead atoms. The maximum Gasteiger partial charge on any atom is 0 e. The van der Waals surface area contributed by atoms with Crippen molar-refractivity contribution in [1.29, 1.82) is 0 Å². The van der Waals surface area contributed by atoms with Crippen molar-refractivity contribution in [3.63, 3.8) is 0 Å². The standard InChI is InChI=1S/4Ge.K. The summed E-state index contributed by atoms with van der Waals surface area (Å²) in [6.07, 6.45) is 0. The first kappa shape index (κ1) is 37.0. The van der Waals surface area contributed by atoms with E-state index in [1.807, 2.05) is 0 Å². The molecule has 0 aliphatic heterocycles. The third-order valence-electron chi connectivity index (χ3n) is 0. The minimum atomic E-state index is 0. The Balaban J connectivity index is 0. The van der Waals surface area contributed by atoms with Gasteiger partial charge in [0.1, 0.15) is 0 Å². The van der Waals surface area contributed by atoms with Crippen molar-refractivity contribution in [2.24, 2.45) is 0 Å². The van der Waals surface area contributed by atoms with Crippen molar-refractivity contribution in [3.8, 4) is 0 Å². The SMILES string of the molecule is [Ge].[Ge].[Ge].[Ge].[K]. The summed E-state index contributed by atoms with van der Waals surface area (Å²) in [5.41, 5.74) is 0. The predicted molar refractivity (Wildman–Crippen MR) is 28.8 cm³/mol. The van der Waals surface area contributed by atoms with Crippen LogP contribution in [0.15, 0.2) is 0 Å². The normalized spacial score (nSPS) is 0. The fraction of sp³-hybridized carbons (Fsp3) is 0. The third-order valence-corrected chi connectivity index (χ3v) is 0. The Morgan fingerprint density at radius 3 is 0.400 bits per heavy atom. The molecule has 17 radical (unpaired) electrons. The molecule has 0 saturated carbocycles. The molecule has 0 nitrogen and oxygen atoms in total. The Kier molecular flexibility index (Phi) is 185. The van der Waals surface area contributed by atoms with Crippen LogP contribution >= 0.6 is 0 Å². The first-order chi connectivity index (χ1) is 0. The van der Waals surface area contributed by atoms with Crippen LogP contribution in [0, 0.1) is 0 Å². The van der Waals surface area contributed by atoms with Crippen LogP contribution in [-0.2, 0) is 0 Å². The zero-order valence-corrected chi connectivity index (χ0v) is 14.5. The second-order valence-electron chi connectivity index (χ2n) is 0. The molecular formula is Ge4K. The van der Waals surface area contributed by atoms with Gasteiger partial charge in [0.25, 0.3) is 0 Å². The maximum absolute atomic E-state index is 0. The van der Waals surface area contributed by atoms with Crippen LogP contribution in [0.3, 0.4) is 0 Å². The molecule has 0 aromatic heterocycles. The minimum absolute atomic E-state index is 0. The van der Waals surface area contributed by atoms with Crippen LogP contribution in [0.4, 0.5) is 0 Å². The van der Waals surface area contributed by atoms with Gasteiger partial charge in [-0.25, -0.2) is 0 Å². The van der Waals surface area contributed by atoms with Gasteiger partial charge in [0.15, 0.2) is 0 Å². The van der Waals surface area contributed by atoms with Gasteiger partial charge < -0.3 is 0 Å². The van der Waals surface area contributed by atoms with Gasteiger partial charge in [-0.2, -0.15) is 0 Å². The minimum Gasteiger partial charge on any atom is 0 e. The van der Waals surface area contributed by atoms with Crippen LogP contribution in [0.5, 0.6) is 0 Å². The van der Waals surface area contributed by atoms with Crippen LogP contribution < -0.4 is 0 Å². The summed E-state index contributed by atoms with van der Waals surface area (Å²) in [7, 11) is 0. The van der Waals surface area contributed by atoms with Crippen molar-refractivity contribution in [3.05, 3.63) is 0 Å². The van der Waals surface area contributed by atoms with Crippen molar-refractivity contribution in [2.75, 3.05) is 0 Å². The smallest absolute Gasteiger partial charge is 0 e. The molecule has 17 valence electrons. The van der Waals surface area contributed by atoms with Gasteiger partial charge in [0, 0.05) is 122 Å². The zero-order valence-electron chi connectivity index (χ0n) is 3.00. The van der Waals surface area contributed by atoms with E-state index >= 15 is 0 Å².